The van der Waals surface area contributed by atoms with E-state index in [2.05, 4.69) is 4.89 Å². The SMILES string of the molecule is CCC(CCOO)C(=O)O. The molecule has 0 bridgehead atoms. The Morgan fingerprint density at radius 1 is 1.70 bits per heavy atom. The average molecular weight is 148 g/mol. The van der Waals surface area contributed by atoms with Gasteiger partial charge in [0.15, 0.2) is 0 Å². The Bertz CT molecular complexity index is 102. The summed E-state index contributed by atoms with van der Waals surface area (Å²) in [5.74, 6) is -1.23. The molecule has 0 fully saturated rings. The number of hydrogen-bond donors (Lipinski definition) is 2. The van der Waals surface area contributed by atoms with E-state index in [0.29, 0.717) is 12.8 Å². The van der Waals surface area contributed by atoms with Crippen molar-refractivity contribution in [2.24, 2.45) is 5.92 Å². The van der Waals surface area contributed by atoms with Crippen LogP contribution >= 0.6 is 0 Å². The van der Waals surface area contributed by atoms with Gasteiger partial charge in [0.1, 0.15) is 0 Å². The summed E-state index contributed by atoms with van der Waals surface area (Å²) in [6.07, 6.45) is 0.932. The molecule has 4 nitrogen and oxygen atoms in total. The highest BCUT2D eigenvalue weighted by atomic mass is 17.1. The Balaban J connectivity index is 3.50. The molecule has 10 heavy (non-hydrogen) atoms. The van der Waals surface area contributed by atoms with E-state index >= 15 is 0 Å². The van der Waals surface area contributed by atoms with Crippen molar-refractivity contribution in [1.82, 2.24) is 0 Å². The van der Waals surface area contributed by atoms with E-state index in [9.17, 15) is 4.79 Å². The molecular weight excluding hydrogens is 136 g/mol. The van der Waals surface area contributed by atoms with E-state index in [1.54, 1.807) is 6.92 Å². The fourth-order valence-corrected chi connectivity index (χ4v) is 0.697. The van der Waals surface area contributed by atoms with Gasteiger partial charge in [-0.15, -0.1) is 0 Å². The van der Waals surface area contributed by atoms with Crippen LogP contribution in [-0.2, 0) is 9.68 Å². The standard InChI is InChI=1S/C6H12O4/c1-2-5(6(7)8)3-4-10-9/h5,9H,2-4H2,1H3,(H,7,8). The number of carbonyl (C=O) groups is 1. The maximum absolute atomic E-state index is 10.3. The van der Waals surface area contributed by atoms with Crippen molar-refractivity contribution in [2.45, 2.75) is 19.8 Å². The van der Waals surface area contributed by atoms with Gasteiger partial charge >= 0.3 is 5.97 Å². The Kier molecular flexibility index (Phi) is 4.88. The summed E-state index contributed by atoms with van der Waals surface area (Å²) in [4.78, 5) is 14.1. The Morgan fingerprint density at radius 3 is 2.60 bits per heavy atom. The lowest BCUT2D eigenvalue weighted by molar-refractivity contribution is -0.244. The molecule has 0 aromatic carbocycles. The minimum Gasteiger partial charge on any atom is -0.481 e. The van der Waals surface area contributed by atoms with Crippen LogP contribution in [0.3, 0.4) is 0 Å². The summed E-state index contributed by atoms with van der Waals surface area (Å²) in [7, 11) is 0. The van der Waals surface area contributed by atoms with Crippen LogP contribution in [-0.4, -0.2) is 22.9 Å². The normalized spacial score (nSPS) is 13.0. The van der Waals surface area contributed by atoms with Crippen molar-refractivity contribution >= 4 is 5.97 Å². The van der Waals surface area contributed by atoms with Crippen molar-refractivity contribution in [3.8, 4) is 0 Å². The van der Waals surface area contributed by atoms with Crippen LogP contribution in [0, 0.1) is 5.92 Å². The van der Waals surface area contributed by atoms with Gasteiger partial charge in [-0.25, -0.2) is 4.89 Å². The molecule has 0 rings (SSSR count). The largest absolute Gasteiger partial charge is 0.481 e. The van der Waals surface area contributed by atoms with Gasteiger partial charge in [0.2, 0.25) is 0 Å². The molecule has 0 aliphatic carbocycles. The van der Waals surface area contributed by atoms with Gasteiger partial charge in [0.05, 0.1) is 12.5 Å². The van der Waals surface area contributed by atoms with Gasteiger partial charge < -0.3 is 5.11 Å². The first-order chi connectivity index (χ1) is 4.72. The first kappa shape index (κ1) is 9.39. The monoisotopic (exact) mass is 148 g/mol. The lowest BCUT2D eigenvalue weighted by atomic mass is 10.0. The molecule has 60 valence electrons. The van der Waals surface area contributed by atoms with Crippen LogP contribution in [0.25, 0.3) is 0 Å². The van der Waals surface area contributed by atoms with Crippen LogP contribution in [0.1, 0.15) is 19.8 Å². The van der Waals surface area contributed by atoms with Crippen molar-refractivity contribution in [3.05, 3.63) is 0 Å². The van der Waals surface area contributed by atoms with Crippen LogP contribution < -0.4 is 0 Å². The molecule has 0 aromatic heterocycles. The number of hydrogen-bond acceptors (Lipinski definition) is 3. The molecule has 0 heterocycles. The predicted octanol–water partition coefficient (Wildman–Crippen LogP) is 0.977. The molecule has 0 saturated carbocycles. The van der Waals surface area contributed by atoms with E-state index in [-0.39, 0.29) is 6.61 Å². The summed E-state index contributed by atoms with van der Waals surface area (Å²) < 4.78 is 0. The Morgan fingerprint density at radius 2 is 2.30 bits per heavy atom. The van der Waals surface area contributed by atoms with E-state index in [4.69, 9.17) is 10.4 Å². The summed E-state index contributed by atoms with van der Waals surface area (Å²) in [6, 6.07) is 0. The fourth-order valence-electron chi connectivity index (χ4n) is 0.697. The van der Waals surface area contributed by atoms with Crippen molar-refractivity contribution in [1.29, 1.82) is 0 Å². The minimum absolute atomic E-state index is 0.0881. The summed E-state index contributed by atoms with van der Waals surface area (Å²) in [5, 5.41) is 16.4. The Hall–Kier alpha value is -0.610. The molecule has 0 spiro atoms. The third-order valence-electron chi connectivity index (χ3n) is 1.40. The molecule has 2 N–H and O–H groups in total. The van der Waals surface area contributed by atoms with Gasteiger partial charge in [-0.1, -0.05) is 6.92 Å². The first-order valence-electron chi connectivity index (χ1n) is 3.21. The molecule has 0 aliphatic rings. The van der Waals surface area contributed by atoms with Crippen molar-refractivity contribution < 1.29 is 20.0 Å². The topological polar surface area (TPSA) is 66.8 Å². The lowest BCUT2D eigenvalue weighted by Gasteiger charge is -2.06. The van der Waals surface area contributed by atoms with E-state index in [0.717, 1.165) is 0 Å². The zero-order chi connectivity index (χ0) is 7.98. The molecule has 0 amide bonds. The lowest BCUT2D eigenvalue weighted by Crippen LogP contribution is -2.14. The summed E-state index contributed by atoms with van der Waals surface area (Å²) in [5.41, 5.74) is 0. The molecule has 0 radical (unpaired) electrons. The van der Waals surface area contributed by atoms with Gasteiger partial charge in [0, 0.05) is 0 Å². The van der Waals surface area contributed by atoms with E-state index < -0.39 is 11.9 Å². The predicted molar refractivity (Wildman–Crippen MR) is 34.6 cm³/mol. The third-order valence-corrected chi connectivity index (χ3v) is 1.40. The smallest absolute Gasteiger partial charge is 0.306 e. The number of rotatable bonds is 5. The highest BCUT2D eigenvalue weighted by molar-refractivity contribution is 5.69. The second-order valence-corrected chi connectivity index (χ2v) is 2.07. The second-order valence-electron chi connectivity index (χ2n) is 2.07. The quantitative estimate of drug-likeness (QED) is 0.450. The van der Waals surface area contributed by atoms with Gasteiger partial charge in [0.25, 0.3) is 0 Å². The molecule has 1 unspecified atom stereocenters. The maximum Gasteiger partial charge on any atom is 0.306 e. The van der Waals surface area contributed by atoms with Crippen molar-refractivity contribution in [2.75, 3.05) is 6.61 Å². The van der Waals surface area contributed by atoms with Gasteiger partial charge in [-0.05, 0) is 12.8 Å². The van der Waals surface area contributed by atoms with Crippen LogP contribution in [0.5, 0.6) is 0 Å². The average Bonchev–Trinajstić information content (AvgIpc) is 1.89. The first-order valence-corrected chi connectivity index (χ1v) is 3.21. The van der Waals surface area contributed by atoms with Crippen LogP contribution in [0.15, 0.2) is 0 Å². The van der Waals surface area contributed by atoms with Crippen LogP contribution in [0.4, 0.5) is 0 Å². The highest BCUT2D eigenvalue weighted by Gasteiger charge is 2.13. The molecular formula is C6H12O4. The fraction of sp³-hybridized carbons (Fsp3) is 0.833. The van der Waals surface area contributed by atoms with Crippen molar-refractivity contribution in [3.63, 3.8) is 0 Å². The maximum atomic E-state index is 10.3. The van der Waals surface area contributed by atoms with Crippen LogP contribution in [0.2, 0.25) is 0 Å². The second kappa shape index (κ2) is 5.20. The number of carboxylic acid groups (broad SMARTS) is 1. The summed E-state index contributed by atoms with van der Waals surface area (Å²) >= 11 is 0. The summed E-state index contributed by atoms with van der Waals surface area (Å²) in [6.45, 7) is 1.88. The minimum atomic E-state index is -0.834. The zero-order valence-corrected chi connectivity index (χ0v) is 5.91. The number of aliphatic carboxylic acids is 1. The van der Waals surface area contributed by atoms with E-state index in [1.165, 1.54) is 0 Å². The van der Waals surface area contributed by atoms with Gasteiger partial charge in [-0.3, -0.25) is 10.1 Å². The molecule has 1 atom stereocenters. The Labute approximate surface area is 59.4 Å². The molecule has 0 aliphatic heterocycles. The molecule has 4 heteroatoms. The highest BCUT2D eigenvalue weighted by Crippen LogP contribution is 2.07. The molecule has 0 saturated heterocycles. The van der Waals surface area contributed by atoms with Gasteiger partial charge in [-0.2, -0.15) is 0 Å². The molecule has 0 aromatic rings. The van der Waals surface area contributed by atoms with E-state index in [1.807, 2.05) is 0 Å². The third kappa shape index (κ3) is 3.42. The zero-order valence-electron chi connectivity index (χ0n) is 5.91. The number of carboxylic acids is 1.